The van der Waals surface area contributed by atoms with E-state index in [-0.39, 0.29) is 17.7 Å². The van der Waals surface area contributed by atoms with Gasteiger partial charge in [0.05, 0.1) is 11.8 Å². The lowest BCUT2D eigenvalue weighted by Crippen LogP contribution is -2.28. The summed E-state index contributed by atoms with van der Waals surface area (Å²) in [4.78, 5) is 12.4. The van der Waals surface area contributed by atoms with Gasteiger partial charge in [0.1, 0.15) is 0 Å². The summed E-state index contributed by atoms with van der Waals surface area (Å²) in [5.74, 6) is 7.49. The van der Waals surface area contributed by atoms with Gasteiger partial charge in [-0.05, 0) is 37.3 Å². The van der Waals surface area contributed by atoms with Crippen LogP contribution in [0, 0.1) is 12.8 Å². The van der Waals surface area contributed by atoms with E-state index >= 15 is 0 Å². The van der Waals surface area contributed by atoms with Crippen LogP contribution in [-0.2, 0) is 11.2 Å². The Morgan fingerprint density at radius 2 is 1.73 bits per heavy atom. The zero-order valence-corrected chi connectivity index (χ0v) is 18.7. The van der Waals surface area contributed by atoms with E-state index in [4.69, 9.17) is 5.84 Å². The van der Waals surface area contributed by atoms with Crippen LogP contribution in [0.25, 0.3) is 11.4 Å². The second-order valence-electron chi connectivity index (χ2n) is 7.96. The molecule has 3 aromatic rings. The van der Waals surface area contributed by atoms with Crippen LogP contribution < -0.4 is 11.2 Å². The highest BCUT2D eigenvalue weighted by molar-refractivity contribution is 7.99. The van der Waals surface area contributed by atoms with Gasteiger partial charge < -0.3 is 11.2 Å². The van der Waals surface area contributed by atoms with Gasteiger partial charge in [0, 0.05) is 5.56 Å². The number of nitrogens with zero attached hydrogens (tertiary/aromatic N) is 3. The molecule has 1 unspecified atom stereocenters. The minimum absolute atomic E-state index is 0.0648. The molecule has 6 nitrogen and oxygen atoms in total. The molecule has 0 aliphatic rings. The number of nitrogens with two attached hydrogens (primary N) is 1. The van der Waals surface area contributed by atoms with Crippen LogP contribution in [0.15, 0.2) is 53.7 Å². The highest BCUT2D eigenvalue weighted by atomic mass is 32.2. The molecule has 0 fully saturated rings. The number of carbonyl (C=O) groups excluding carboxylic acids is 1. The Hall–Kier alpha value is -2.80. The van der Waals surface area contributed by atoms with Gasteiger partial charge in [-0.25, -0.2) is 4.68 Å². The van der Waals surface area contributed by atoms with Crippen molar-refractivity contribution in [2.45, 2.75) is 45.3 Å². The molecule has 1 aromatic heterocycles. The molecular weight excluding hydrogens is 394 g/mol. The minimum atomic E-state index is -0.0707. The van der Waals surface area contributed by atoms with Crippen LogP contribution >= 0.6 is 11.8 Å². The highest BCUT2D eigenvalue weighted by Crippen LogP contribution is 2.22. The number of carbonyl (C=O) groups is 1. The Morgan fingerprint density at radius 3 is 2.37 bits per heavy atom. The van der Waals surface area contributed by atoms with E-state index in [9.17, 15) is 4.79 Å². The standard InChI is InChI=1S/C23H29N5OS/c1-15(2)13-18-7-11-19(12-8-18)17(4)25-21(29)14-30-23-27-26-22(28(23)24)20-9-5-16(3)6-10-20/h5-12,15,17H,13-14,24H2,1-4H3,(H,25,29). The average Bonchev–Trinajstić information content (AvgIpc) is 3.07. The summed E-state index contributed by atoms with van der Waals surface area (Å²) < 4.78 is 1.43. The lowest BCUT2D eigenvalue weighted by Gasteiger charge is -2.15. The largest absolute Gasteiger partial charge is 0.349 e. The predicted molar refractivity (Wildman–Crippen MR) is 123 cm³/mol. The fraction of sp³-hybridized carbons (Fsp3) is 0.348. The third kappa shape index (κ3) is 5.63. The summed E-state index contributed by atoms with van der Waals surface area (Å²) in [6, 6.07) is 16.3. The summed E-state index contributed by atoms with van der Waals surface area (Å²) in [5.41, 5.74) is 4.46. The van der Waals surface area contributed by atoms with Crippen LogP contribution in [0.1, 0.15) is 43.5 Å². The van der Waals surface area contributed by atoms with Gasteiger partial charge in [0.15, 0.2) is 5.82 Å². The molecule has 0 bridgehead atoms. The normalized spacial score (nSPS) is 12.2. The number of hydrogen-bond acceptors (Lipinski definition) is 5. The van der Waals surface area contributed by atoms with E-state index < -0.39 is 0 Å². The van der Waals surface area contributed by atoms with Crippen molar-refractivity contribution in [2.75, 3.05) is 11.6 Å². The lowest BCUT2D eigenvalue weighted by atomic mass is 10.00. The van der Waals surface area contributed by atoms with Gasteiger partial charge in [-0.3, -0.25) is 4.79 Å². The Morgan fingerprint density at radius 1 is 1.07 bits per heavy atom. The fourth-order valence-corrected chi connectivity index (χ4v) is 3.85. The van der Waals surface area contributed by atoms with Crippen LogP contribution in [0.3, 0.4) is 0 Å². The lowest BCUT2D eigenvalue weighted by molar-refractivity contribution is -0.119. The van der Waals surface area contributed by atoms with Crippen LogP contribution in [-0.4, -0.2) is 26.5 Å². The summed E-state index contributed by atoms with van der Waals surface area (Å²) in [7, 11) is 0. The van der Waals surface area contributed by atoms with Gasteiger partial charge in [0.25, 0.3) is 0 Å². The maximum atomic E-state index is 12.4. The second-order valence-corrected chi connectivity index (χ2v) is 8.90. The number of amides is 1. The highest BCUT2D eigenvalue weighted by Gasteiger charge is 2.15. The smallest absolute Gasteiger partial charge is 0.230 e. The van der Waals surface area contributed by atoms with Crippen molar-refractivity contribution in [3.8, 4) is 11.4 Å². The third-order valence-electron chi connectivity index (χ3n) is 4.81. The van der Waals surface area contributed by atoms with E-state index in [1.165, 1.54) is 22.0 Å². The Kier molecular flexibility index (Phi) is 7.15. The molecule has 7 heteroatoms. The minimum Gasteiger partial charge on any atom is -0.349 e. The molecule has 0 spiro atoms. The Balaban J connectivity index is 1.55. The summed E-state index contributed by atoms with van der Waals surface area (Å²) in [6.45, 7) is 8.43. The summed E-state index contributed by atoms with van der Waals surface area (Å²) in [6.07, 6.45) is 1.06. The molecule has 1 atom stereocenters. The molecule has 2 aromatic carbocycles. The zero-order chi connectivity index (χ0) is 21.7. The fourth-order valence-electron chi connectivity index (χ4n) is 3.19. The van der Waals surface area contributed by atoms with Crippen LogP contribution in [0.5, 0.6) is 0 Å². The number of aromatic nitrogens is 3. The average molecular weight is 424 g/mol. The zero-order valence-electron chi connectivity index (χ0n) is 17.9. The molecule has 0 saturated carbocycles. The predicted octanol–water partition coefficient (Wildman–Crippen LogP) is 4.14. The molecule has 0 aliphatic heterocycles. The number of nitrogens with one attached hydrogen (secondary N) is 1. The van der Waals surface area contributed by atoms with E-state index in [2.05, 4.69) is 53.6 Å². The summed E-state index contributed by atoms with van der Waals surface area (Å²) in [5, 5.41) is 11.8. The Bertz CT molecular complexity index is 980. The van der Waals surface area contributed by atoms with Crippen molar-refractivity contribution in [2.24, 2.45) is 5.92 Å². The monoisotopic (exact) mass is 423 g/mol. The van der Waals surface area contributed by atoms with Gasteiger partial charge in [-0.15, -0.1) is 10.2 Å². The van der Waals surface area contributed by atoms with Crippen LogP contribution in [0.2, 0.25) is 0 Å². The molecule has 3 N–H and O–H groups in total. The first-order valence-corrected chi connectivity index (χ1v) is 11.1. The maximum Gasteiger partial charge on any atom is 0.230 e. The molecule has 3 rings (SSSR count). The molecule has 158 valence electrons. The number of benzene rings is 2. The second kappa shape index (κ2) is 9.80. The number of nitrogen functional groups attached to an aromatic ring is 1. The first-order valence-electron chi connectivity index (χ1n) is 10.1. The van der Waals surface area contributed by atoms with Crippen molar-refractivity contribution in [1.82, 2.24) is 20.2 Å². The van der Waals surface area contributed by atoms with Crippen molar-refractivity contribution in [3.63, 3.8) is 0 Å². The van der Waals surface area contributed by atoms with Crippen molar-refractivity contribution < 1.29 is 4.79 Å². The molecule has 0 radical (unpaired) electrons. The topological polar surface area (TPSA) is 85.8 Å². The maximum absolute atomic E-state index is 12.4. The molecular formula is C23H29N5OS. The Labute approximate surface area is 182 Å². The van der Waals surface area contributed by atoms with Gasteiger partial charge in [-0.1, -0.05) is 79.7 Å². The van der Waals surface area contributed by atoms with E-state index in [0.29, 0.717) is 16.9 Å². The molecule has 30 heavy (non-hydrogen) atoms. The van der Waals surface area contributed by atoms with E-state index in [1.807, 2.05) is 38.1 Å². The SMILES string of the molecule is Cc1ccc(-c2nnc(SCC(=O)NC(C)c3ccc(CC(C)C)cc3)n2N)cc1. The van der Waals surface area contributed by atoms with E-state index in [0.717, 1.165) is 23.1 Å². The van der Waals surface area contributed by atoms with Crippen LogP contribution in [0.4, 0.5) is 0 Å². The van der Waals surface area contributed by atoms with Crippen molar-refractivity contribution >= 4 is 17.7 Å². The van der Waals surface area contributed by atoms with Crippen molar-refractivity contribution in [1.29, 1.82) is 0 Å². The van der Waals surface area contributed by atoms with Gasteiger partial charge >= 0.3 is 0 Å². The van der Waals surface area contributed by atoms with Gasteiger partial charge in [-0.2, -0.15) is 0 Å². The van der Waals surface area contributed by atoms with Gasteiger partial charge in [0.2, 0.25) is 11.1 Å². The number of hydrogen-bond donors (Lipinski definition) is 2. The molecule has 0 aliphatic carbocycles. The van der Waals surface area contributed by atoms with E-state index in [1.54, 1.807) is 0 Å². The number of aryl methyl sites for hydroxylation is 1. The quantitative estimate of drug-likeness (QED) is 0.420. The first kappa shape index (κ1) is 21.9. The summed E-state index contributed by atoms with van der Waals surface area (Å²) >= 11 is 1.27. The number of thioether (sulfide) groups is 1. The molecule has 1 heterocycles. The first-order chi connectivity index (χ1) is 14.3. The molecule has 1 amide bonds. The third-order valence-corrected chi connectivity index (χ3v) is 5.75. The molecule has 0 saturated heterocycles. The van der Waals surface area contributed by atoms with Crippen molar-refractivity contribution in [3.05, 3.63) is 65.2 Å². The number of rotatable bonds is 8.